The molecular formula is C15H15Cl2NO. The fourth-order valence-corrected chi connectivity index (χ4v) is 2.18. The maximum atomic E-state index is 9.19. The normalized spacial score (nSPS) is 10.6. The van der Waals surface area contributed by atoms with E-state index in [9.17, 15) is 5.11 Å². The lowest BCUT2D eigenvalue weighted by Crippen LogP contribution is -2.16. The molecule has 0 spiro atoms. The smallest absolute Gasteiger partial charge is 0.115 e. The molecule has 0 radical (unpaired) electrons. The van der Waals surface area contributed by atoms with Gasteiger partial charge in [-0.1, -0.05) is 35.3 Å². The zero-order valence-electron chi connectivity index (χ0n) is 10.4. The summed E-state index contributed by atoms with van der Waals surface area (Å²) in [6.45, 7) is 1.53. The number of phenolic OH excluding ortho intramolecular Hbond substituents is 1. The molecule has 0 aromatic heterocycles. The number of aromatic hydroxyl groups is 1. The molecule has 2 nitrogen and oxygen atoms in total. The zero-order chi connectivity index (χ0) is 13.7. The van der Waals surface area contributed by atoms with Crippen molar-refractivity contribution in [1.82, 2.24) is 5.32 Å². The van der Waals surface area contributed by atoms with Crippen LogP contribution in [0, 0.1) is 0 Å². The fourth-order valence-electron chi connectivity index (χ4n) is 1.80. The van der Waals surface area contributed by atoms with Crippen molar-refractivity contribution in [1.29, 1.82) is 0 Å². The Bertz CT molecular complexity index is 540. The Labute approximate surface area is 123 Å². The van der Waals surface area contributed by atoms with Gasteiger partial charge in [0.05, 0.1) is 0 Å². The van der Waals surface area contributed by atoms with Crippen molar-refractivity contribution >= 4 is 23.2 Å². The summed E-state index contributed by atoms with van der Waals surface area (Å²) < 4.78 is 0. The van der Waals surface area contributed by atoms with Crippen LogP contribution in [0.25, 0.3) is 0 Å². The third-order valence-corrected chi connectivity index (χ3v) is 3.45. The lowest BCUT2D eigenvalue weighted by atomic mass is 10.1. The standard InChI is InChI=1S/C15H15Cl2NO/c16-13-3-6-15(17)12(9-13)10-18-8-7-11-1-4-14(19)5-2-11/h1-6,9,18-19H,7-8,10H2. The van der Waals surface area contributed by atoms with E-state index in [2.05, 4.69) is 5.32 Å². The highest BCUT2D eigenvalue weighted by Crippen LogP contribution is 2.20. The van der Waals surface area contributed by atoms with Crippen molar-refractivity contribution in [3.05, 3.63) is 63.6 Å². The summed E-state index contributed by atoms with van der Waals surface area (Å²) in [6, 6.07) is 12.7. The van der Waals surface area contributed by atoms with E-state index in [1.807, 2.05) is 18.2 Å². The largest absolute Gasteiger partial charge is 0.508 e. The molecule has 100 valence electrons. The zero-order valence-corrected chi connectivity index (χ0v) is 11.9. The van der Waals surface area contributed by atoms with Gasteiger partial charge in [0, 0.05) is 16.6 Å². The number of nitrogens with one attached hydrogen (secondary N) is 1. The van der Waals surface area contributed by atoms with Gasteiger partial charge in [-0.05, 0) is 54.4 Å². The number of benzene rings is 2. The number of rotatable bonds is 5. The Morgan fingerprint density at radius 1 is 1.00 bits per heavy atom. The molecule has 0 bridgehead atoms. The van der Waals surface area contributed by atoms with Crippen LogP contribution in [0.1, 0.15) is 11.1 Å². The summed E-state index contributed by atoms with van der Waals surface area (Å²) in [5, 5.41) is 13.9. The Morgan fingerprint density at radius 3 is 2.47 bits per heavy atom. The van der Waals surface area contributed by atoms with Crippen molar-refractivity contribution in [2.24, 2.45) is 0 Å². The Hall–Kier alpha value is -1.22. The summed E-state index contributed by atoms with van der Waals surface area (Å²) in [5.74, 6) is 0.294. The van der Waals surface area contributed by atoms with Crippen LogP contribution < -0.4 is 5.32 Å². The molecule has 2 rings (SSSR count). The van der Waals surface area contributed by atoms with Crippen LogP contribution in [0.3, 0.4) is 0 Å². The van der Waals surface area contributed by atoms with E-state index in [0.29, 0.717) is 17.3 Å². The van der Waals surface area contributed by atoms with E-state index in [4.69, 9.17) is 23.2 Å². The van der Waals surface area contributed by atoms with E-state index < -0.39 is 0 Å². The minimum atomic E-state index is 0.294. The second-order valence-electron chi connectivity index (χ2n) is 4.33. The number of halogens is 2. The minimum absolute atomic E-state index is 0.294. The molecule has 2 aromatic carbocycles. The molecular weight excluding hydrogens is 281 g/mol. The molecule has 4 heteroatoms. The first-order valence-electron chi connectivity index (χ1n) is 6.08. The summed E-state index contributed by atoms with van der Waals surface area (Å²) >= 11 is 12.0. The summed E-state index contributed by atoms with van der Waals surface area (Å²) in [5.41, 5.74) is 2.18. The van der Waals surface area contributed by atoms with Gasteiger partial charge in [-0.2, -0.15) is 0 Å². The van der Waals surface area contributed by atoms with E-state index in [1.54, 1.807) is 24.3 Å². The van der Waals surface area contributed by atoms with Crippen LogP contribution >= 0.6 is 23.2 Å². The highest BCUT2D eigenvalue weighted by molar-refractivity contribution is 6.33. The molecule has 0 atom stereocenters. The van der Waals surface area contributed by atoms with Crippen molar-refractivity contribution in [3.8, 4) is 5.75 Å². The first-order chi connectivity index (χ1) is 9.15. The Balaban J connectivity index is 1.80. The first-order valence-corrected chi connectivity index (χ1v) is 6.83. The van der Waals surface area contributed by atoms with E-state index in [1.165, 1.54) is 5.56 Å². The molecule has 2 N–H and O–H groups in total. The molecule has 0 fully saturated rings. The van der Waals surface area contributed by atoms with Gasteiger partial charge in [0.1, 0.15) is 5.75 Å². The van der Waals surface area contributed by atoms with Crippen LogP contribution in [0.4, 0.5) is 0 Å². The first kappa shape index (κ1) is 14.2. The van der Waals surface area contributed by atoms with Crippen LogP contribution in [0.15, 0.2) is 42.5 Å². The SMILES string of the molecule is Oc1ccc(CCNCc2cc(Cl)ccc2Cl)cc1. The van der Waals surface area contributed by atoms with Gasteiger partial charge in [-0.3, -0.25) is 0 Å². The predicted molar refractivity (Wildman–Crippen MR) is 80.0 cm³/mol. The van der Waals surface area contributed by atoms with E-state index in [0.717, 1.165) is 23.6 Å². The van der Waals surface area contributed by atoms with Gasteiger partial charge in [0.25, 0.3) is 0 Å². The minimum Gasteiger partial charge on any atom is -0.508 e. The van der Waals surface area contributed by atoms with Crippen LogP contribution in [0.5, 0.6) is 5.75 Å². The lowest BCUT2D eigenvalue weighted by molar-refractivity contribution is 0.475. The summed E-state index contributed by atoms with van der Waals surface area (Å²) in [7, 11) is 0. The second kappa shape index (κ2) is 6.80. The second-order valence-corrected chi connectivity index (χ2v) is 5.17. The molecule has 0 unspecified atom stereocenters. The molecule has 0 aliphatic rings. The van der Waals surface area contributed by atoms with Gasteiger partial charge in [0.2, 0.25) is 0 Å². The monoisotopic (exact) mass is 295 g/mol. The van der Waals surface area contributed by atoms with Crippen molar-refractivity contribution in [2.45, 2.75) is 13.0 Å². The molecule has 19 heavy (non-hydrogen) atoms. The third-order valence-electron chi connectivity index (χ3n) is 2.85. The summed E-state index contributed by atoms with van der Waals surface area (Å²) in [4.78, 5) is 0. The topological polar surface area (TPSA) is 32.3 Å². The maximum Gasteiger partial charge on any atom is 0.115 e. The number of phenols is 1. The third kappa shape index (κ3) is 4.43. The van der Waals surface area contributed by atoms with Gasteiger partial charge in [-0.25, -0.2) is 0 Å². The van der Waals surface area contributed by atoms with E-state index in [-0.39, 0.29) is 0 Å². The van der Waals surface area contributed by atoms with E-state index >= 15 is 0 Å². The van der Waals surface area contributed by atoms with Gasteiger partial charge in [-0.15, -0.1) is 0 Å². The van der Waals surface area contributed by atoms with Crippen molar-refractivity contribution in [3.63, 3.8) is 0 Å². The van der Waals surface area contributed by atoms with Crippen LogP contribution in [-0.2, 0) is 13.0 Å². The molecule has 0 amide bonds. The highest BCUT2D eigenvalue weighted by Gasteiger charge is 2.01. The maximum absolute atomic E-state index is 9.19. The molecule has 0 saturated heterocycles. The average molecular weight is 296 g/mol. The predicted octanol–water partition coefficient (Wildman–Crippen LogP) is 4.03. The lowest BCUT2D eigenvalue weighted by Gasteiger charge is -2.07. The molecule has 0 saturated carbocycles. The van der Waals surface area contributed by atoms with Crippen molar-refractivity contribution < 1.29 is 5.11 Å². The van der Waals surface area contributed by atoms with Crippen LogP contribution in [-0.4, -0.2) is 11.7 Å². The number of hydrogen-bond acceptors (Lipinski definition) is 2. The fraction of sp³-hybridized carbons (Fsp3) is 0.200. The van der Waals surface area contributed by atoms with Crippen LogP contribution in [0.2, 0.25) is 10.0 Å². The Kier molecular flexibility index (Phi) is 5.08. The van der Waals surface area contributed by atoms with Crippen molar-refractivity contribution in [2.75, 3.05) is 6.54 Å². The summed E-state index contributed by atoms with van der Waals surface area (Å²) in [6.07, 6.45) is 0.901. The van der Waals surface area contributed by atoms with Gasteiger partial charge in [0.15, 0.2) is 0 Å². The molecule has 0 aliphatic heterocycles. The highest BCUT2D eigenvalue weighted by atomic mass is 35.5. The quantitative estimate of drug-likeness (QED) is 0.816. The average Bonchev–Trinajstić information content (AvgIpc) is 2.40. The molecule has 0 aliphatic carbocycles. The van der Waals surface area contributed by atoms with Gasteiger partial charge < -0.3 is 10.4 Å². The molecule has 0 heterocycles. The number of hydrogen-bond donors (Lipinski definition) is 2. The van der Waals surface area contributed by atoms with Gasteiger partial charge >= 0.3 is 0 Å². The Morgan fingerprint density at radius 2 is 1.74 bits per heavy atom. The molecule has 2 aromatic rings.